The lowest BCUT2D eigenvalue weighted by molar-refractivity contribution is -0.149. The van der Waals surface area contributed by atoms with Crippen molar-refractivity contribution >= 4 is 17.6 Å². The third kappa shape index (κ3) is 6.38. The lowest BCUT2D eigenvalue weighted by Crippen LogP contribution is -2.31. The van der Waals surface area contributed by atoms with E-state index in [-0.39, 0.29) is 19.1 Å². The molecule has 0 bridgehead atoms. The van der Waals surface area contributed by atoms with Gasteiger partial charge in [-0.15, -0.1) is 0 Å². The molecule has 0 aliphatic rings. The van der Waals surface area contributed by atoms with Gasteiger partial charge < -0.3 is 19.1 Å². The average molecular weight is 405 g/mol. The number of likely N-dealkylation sites (N-methyl/N-ethyl adjacent to an activating group) is 1. The topological polar surface area (TPSA) is 65.1 Å². The quantitative estimate of drug-likeness (QED) is 0.506. The molecule has 0 aromatic heterocycles. The van der Waals surface area contributed by atoms with Gasteiger partial charge in [0.1, 0.15) is 18.1 Å². The Kier molecular flexibility index (Phi) is 7.44. The van der Waals surface area contributed by atoms with Crippen molar-refractivity contribution in [2.24, 2.45) is 0 Å². The first-order chi connectivity index (χ1) is 14.6. The predicted octanol–water partition coefficient (Wildman–Crippen LogP) is 3.85. The van der Waals surface area contributed by atoms with Crippen LogP contribution in [0.1, 0.15) is 5.56 Å². The Labute approximate surface area is 175 Å². The largest absolute Gasteiger partial charge is 0.489 e. The minimum Gasteiger partial charge on any atom is -0.489 e. The Morgan fingerprint density at radius 2 is 1.30 bits per heavy atom. The minimum atomic E-state index is -0.616. The van der Waals surface area contributed by atoms with Crippen molar-refractivity contribution in [1.29, 1.82) is 0 Å². The van der Waals surface area contributed by atoms with Crippen LogP contribution in [-0.2, 0) is 20.9 Å². The number of benzene rings is 3. The standard InChI is InChI=1S/C24H23NO5/c1-25(20-10-6-3-7-11-20)23(26)17-30-24(27)18-29-22-14-12-21(13-15-22)28-16-19-8-4-2-5-9-19/h2-15H,16-18H2,1H3. The number of rotatable bonds is 9. The fourth-order valence-corrected chi connectivity index (χ4v) is 2.59. The molecule has 0 atom stereocenters. The van der Waals surface area contributed by atoms with E-state index in [4.69, 9.17) is 14.2 Å². The van der Waals surface area contributed by atoms with Crippen molar-refractivity contribution in [2.75, 3.05) is 25.2 Å². The molecule has 6 heteroatoms. The summed E-state index contributed by atoms with van der Waals surface area (Å²) in [5, 5.41) is 0. The molecule has 6 nitrogen and oxygen atoms in total. The molecule has 0 radical (unpaired) electrons. The first kappa shape index (κ1) is 20.9. The Morgan fingerprint density at radius 1 is 0.733 bits per heavy atom. The third-order valence-corrected chi connectivity index (χ3v) is 4.30. The smallest absolute Gasteiger partial charge is 0.344 e. The second-order valence-electron chi connectivity index (χ2n) is 6.48. The summed E-state index contributed by atoms with van der Waals surface area (Å²) in [7, 11) is 1.63. The SMILES string of the molecule is CN(C(=O)COC(=O)COc1ccc(OCc2ccccc2)cc1)c1ccccc1. The van der Waals surface area contributed by atoms with Crippen LogP contribution in [0.25, 0.3) is 0 Å². The molecule has 154 valence electrons. The Balaban J connectivity index is 1.38. The van der Waals surface area contributed by atoms with Crippen molar-refractivity contribution in [3.63, 3.8) is 0 Å². The molecule has 0 aliphatic carbocycles. The Hall–Kier alpha value is -3.80. The highest BCUT2D eigenvalue weighted by Gasteiger charge is 2.14. The molecule has 0 fully saturated rings. The van der Waals surface area contributed by atoms with Crippen LogP contribution in [0.4, 0.5) is 5.69 Å². The van der Waals surface area contributed by atoms with Gasteiger partial charge in [-0.3, -0.25) is 4.79 Å². The highest BCUT2D eigenvalue weighted by atomic mass is 16.6. The summed E-state index contributed by atoms with van der Waals surface area (Å²) in [4.78, 5) is 25.4. The van der Waals surface area contributed by atoms with E-state index in [0.717, 1.165) is 11.3 Å². The maximum absolute atomic E-state index is 12.1. The first-order valence-electron chi connectivity index (χ1n) is 9.48. The zero-order valence-electron chi connectivity index (χ0n) is 16.7. The van der Waals surface area contributed by atoms with E-state index < -0.39 is 5.97 Å². The van der Waals surface area contributed by atoms with Gasteiger partial charge in [0, 0.05) is 12.7 Å². The van der Waals surface area contributed by atoms with Gasteiger partial charge in [0.15, 0.2) is 13.2 Å². The maximum Gasteiger partial charge on any atom is 0.344 e. The monoisotopic (exact) mass is 405 g/mol. The summed E-state index contributed by atoms with van der Waals surface area (Å²) in [6.07, 6.45) is 0. The van der Waals surface area contributed by atoms with Gasteiger partial charge in [-0.05, 0) is 42.0 Å². The number of hydrogen-bond donors (Lipinski definition) is 0. The molecule has 0 aliphatic heterocycles. The molecule has 3 rings (SSSR count). The van der Waals surface area contributed by atoms with Crippen LogP contribution in [0.2, 0.25) is 0 Å². The minimum absolute atomic E-state index is 0.285. The molecule has 3 aromatic rings. The zero-order valence-corrected chi connectivity index (χ0v) is 16.7. The maximum atomic E-state index is 12.1. The predicted molar refractivity (Wildman–Crippen MR) is 114 cm³/mol. The molecule has 0 unspecified atom stereocenters. The van der Waals surface area contributed by atoms with E-state index in [1.807, 2.05) is 48.5 Å². The summed E-state index contributed by atoms with van der Waals surface area (Å²) < 4.78 is 16.1. The number of carbonyl (C=O) groups excluding carboxylic acids is 2. The number of hydrogen-bond acceptors (Lipinski definition) is 5. The van der Waals surface area contributed by atoms with E-state index in [1.165, 1.54) is 4.90 Å². The van der Waals surface area contributed by atoms with Crippen LogP contribution < -0.4 is 14.4 Å². The van der Waals surface area contributed by atoms with Gasteiger partial charge in [-0.1, -0.05) is 48.5 Å². The van der Waals surface area contributed by atoms with Crippen LogP contribution in [0.3, 0.4) is 0 Å². The van der Waals surface area contributed by atoms with Crippen molar-refractivity contribution in [2.45, 2.75) is 6.61 Å². The van der Waals surface area contributed by atoms with Crippen LogP contribution in [0, 0.1) is 0 Å². The first-order valence-corrected chi connectivity index (χ1v) is 9.48. The van der Waals surface area contributed by atoms with Crippen LogP contribution in [0.15, 0.2) is 84.9 Å². The Morgan fingerprint density at radius 3 is 1.93 bits per heavy atom. The zero-order chi connectivity index (χ0) is 21.2. The van der Waals surface area contributed by atoms with E-state index in [1.54, 1.807) is 43.4 Å². The third-order valence-electron chi connectivity index (χ3n) is 4.30. The second kappa shape index (κ2) is 10.7. The number of esters is 1. The summed E-state index contributed by atoms with van der Waals surface area (Å²) in [5.74, 6) is 0.263. The van der Waals surface area contributed by atoms with E-state index >= 15 is 0 Å². The molecule has 0 saturated heterocycles. The molecule has 0 heterocycles. The molecule has 1 amide bonds. The van der Waals surface area contributed by atoms with Crippen molar-refractivity contribution in [3.8, 4) is 11.5 Å². The normalized spacial score (nSPS) is 10.2. The average Bonchev–Trinajstić information content (AvgIpc) is 2.81. The summed E-state index contributed by atoms with van der Waals surface area (Å²) in [6, 6.07) is 25.9. The second-order valence-corrected chi connectivity index (χ2v) is 6.48. The van der Waals surface area contributed by atoms with Crippen molar-refractivity contribution in [3.05, 3.63) is 90.5 Å². The Bertz CT molecular complexity index is 942. The van der Waals surface area contributed by atoms with Crippen LogP contribution in [0.5, 0.6) is 11.5 Å². The number of anilines is 1. The van der Waals surface area contributed by atoms with Gasteiger partial charge in [-0.2, -0.15) is 0 Å². The number of para-hydroxylation sites is 1. The summed E-state index contributed by atoms with van der Waals surface area (Å²) in [6.45, 7) is -0.161. The molecule has 3 aromatic carbocycles. The van der Waals surface area contributed by atoms with Gasteiger partial charge in [-0.25, -0.2) is 4.79 Å². The van der Waals surface area contributed by atoms with E-state index in [0.29, 0.717) is 18.1 Å². The van der Waals surface area contributed by atoms with Crippen LogP contribution >= 0.6 is 0 Å². The molecular formula is C24H23NO5. The highest BCUT2D eigenvalue weighted by Crippen LogP contribution is 2.19. The van der Waals surface area contributed by atoms with Crippen molar-refractivity contribution in [1.82, 2.24) is 0 Å². The van der Waals surface area contributed by atoms with Gasteiger partial charge in [0.05, 0.1) is 0 Å². The lowest BCUT2D eigenvalue weighted by atomic mass is 10.2. The molecule has 0 saturated carbocycles. The fraction of sp³-hybridized carbons (Fsp3) is 0.167. The van der Waals surface area contributed by atoms with Crippen molar-refractivity contribution < 1.29 is 23.8 Å². The van der Waals surface area contributed by atoms with Gasteiger partial charge in [0.25, 0.3) is 5.91 Å². The molecule has 0 N–H and O–H groups in total. The molecule has 0 spiro atoms. The fourth-order valence-electron chi connectivity index (χ4n) is 2.59. The number of carbonyl (C=O) groups is 2. The number of nitrogens with zero attached hydrogens (tertiary/aromatic N) is 1. The summed E-state index contributed by atoms with van der Waals surface area (Å²) >= 11 is 0. The highest BCUT2D eigenvalue weighted by molar-refractivity contribution is 5.94. The molecular weight excluding hydrogens is 382 g/mol. The van der Waals surface area contributed by atoms with E-state index in [9.17, 15) is 9.59 Å². The van der Waals surface area contributed by atoms with Gasteiger partial charge >= 0.3 is 5.97 Å². The lowest BCUT2D eigenvalue weighted by Gasteiger charge is -2.17. The van der Waals surface area contributed by atoms with E-state index in [2.05, 4.69) is 0 Å². The number of amides is 1. The summed E-state index contributed by atoms with van der Waals surface area (Å²) in [5.41, 5.74) is 1.80. The number of ether oxygens (including phenoxy) is 3. The van der Waals surface area contributed by atoms with Crippen LogP contribution in [-0.4, -0.2) is 32.1 Å². The molecule has 30 heavy (non-hydrogen) atoms. The van der Waals surface area contributed by atoms with Gasteiger partial charge in [0.2, 0.25) is 0 Å².